The summed E-state index contributed by atoms with van der Waals surface area (Å²) in [5, 5.41) is 18.1. The van der Waals surface area contributed by atoms with Crippen molar-refractivity contribution in [1.29, 1.82) is 0 Å². The molecule has 0 spiro atoms. The van der Waals surface area contributed by atoms with Gasteiger partial charge in [-0.05, 0) is 17.7 Å². The Morgan fingerprint density at radius 3 is 2.17 bits per heavy atom. The highest BCUT2D eigenvalue weighted by molar-refractivity contribution is 5.38. The molecule has 1 unspecified atom stereocenters. The third kappa shape index (κ3) is 1.87. The van der Waals surface area contributed by atoms with Crippen LogP contribution in [0.4, 0.5) is 4.39 Å². The molecule has 2 nitrogen and oxygen atoms in total. The maximum absolute atomic E-state index is 12.2. The minimum Gasteiger partial charge on any atom is -0.508 e. The molecule has 1 atom stereocenters. The van der Waals surface area contributed by atoms with Crippen LogP contribution in [-0.4, -0.2) is 16.9 Å². The molecule has 1 rings (SSSR count). The standard InChI is InChI=1S/C9H11FO2/c1-6(5-10)7-2-8(11)4-9(12)3-7/h2-4,6,11-12H,5H2,1H3. The Bertz CT molecular complexity index is 253. The van der Waals surface area contributed by atoms with E-state index in [0.717, 1.165) is 0 Å². The molecule has 0 amide bonds. The summed E-state index contributed by atoms with van der Waals surface area (Å²) in [6.07, 6.45) is 0. The number of benzene rings is 1. The Balaban J connectivity index is 3.00. The molecule has 0 aliphatic rings. The van der Waals surface area contributed by atoms with E-state index in [0.29, 0.717) is 5.56 Å². The maximum atomic E-state index is 12.2. The first-order valence-electron chi connectivity index (χ1n) is 3.72. The van der Waals surface area contributed by atoms with E-state index < -0.39 is 6.67 Å². The Kier molecular flexibility index (Phi) is 2.53. The summed E-state index contributed by atoms with van der Waals surface area (Å²) in [6.45, 7) is 1.19. The number of hydrogen-bond donors (Lipinski definition) is 2. The molecule has 0 aliphatic carbocycles. The van der Waals surface area contributed by atoms with Crippen LogP contribution in [0.5, 0.6) is 11.5 Å². The van der Waals surface area contributed by atoms with Crippen LogP contribution in [0.2, 0.25) is 0 Å². The largest absolute Gasteiger partial charge is 0.508 e. The van der Waals surface area contributed by atoms with Gasteiger partial charge in [-0.15, -0.1) is 0 Å². The lowest BCUT2D eigenvalue weighted by Gasteiger charge is -2.07. The Labute approximate surface area is 70.3 Å². The average Bonchev–Trinajstić information content (AvgIpc) is 2.01. The first-order chi connectivity index (χ1) is 5.63. The fraction of sp³-hybridized carbons (Fsp3) is 0.333. The van der Waals surface area contributed by atoms with Gasteiger partial charge in [-0.25, -0.2) is 0 Å². The fourth-order valence-electron chi connectivity index (χ4n) is 0.992. The van der Waals surface area contributed by atoms with Crippen molar-refractivity contribution in [2.45, 2.75) is 12.8 Å². The minimum absolute atomic E-state index is 0.0368. The molecular weight excluding hydrogens is 159 g/mol. The zero-order valence-electron chi connectivity index (χ0n) is 6.79. The van der Waals surface area contributed by atoms with Crippen molar-refractivity contribution in [2.24, 2.45) is 0 Å². The molecule has 0 aromatic heterocycles. The lowest BCUT2D eigenvalue weighted by Crippen LogP contribution is -1.94. The smallest absolute Gasteiger partial charge is 0.119 e. The van der Waals surface area contributed by atoms with E-state index in [4.69, 9.17) is 10.2 Å². The summed E-state index contributed by atoms with van der Waals surface area (Å²) in [4.78, 5) is 0. The molecule has 66 valence electrons. The molecule has 2 N–H and O–H groups in total. The Hall–Kier alpha value is -1.25. The van der Waals surface area contributed by atoms with Crippen molar-refractivity contribution in [1.82, 2.24) is 0 Å². The van der Waals surface area contributed by atoms with E-state index >= 15 is 0 Å². The quantitative estimate of drug-likeness (QED) is 0.714. The number of aromatic hydroxyl groups is 2. The van der Waals surface area contributed by atoms with Crippen molar-refractivity contribution >= 4 is 0 Å². The zero-order valence-corrected chi connectivity index (χ0v) is 6.79. The predicted molar refractivity (Wildman–Crippen MR) is 44.2 cm³/mol. The highest BCUT2D eigenvalue weighted by Crippen LogP contribution is 2.25. The molecular formula is C9H11FO2. The van der Waals surface area contributed by atoms with Gasteiger partial charge in [0.15, 0.2) is 0 Å². The van der Waals surface area contributed by atoms with Crippen LogP contribution in [0.3, 0.4) is 0 Å². The van der Waals surface area contributed by atoms with Crippen molar-refractivity contribution in [2.75, 3.05) is 6.67 Å². The topological polar surface area (TPSA) is 40.5 Å². The minimum atomic E-state index is -0.497. The summed E-state index contributed by atoms with van der Waals surface area (Å²) in [5.74, 6) is -0.362. The first-order valence-corrected chi connectivity index (χ1v) is 3.72. The lowest BCUT2D eigenvalue weighted by atomic mass is 10.0. The number of rotatable bonds is 2. The molecule has 0 aliphatic heterocycles. The van der Waals surface area contributed by atoms with Gasteiger partial charge < -0.3 is 10.2 Å². The highest BCUT2D eigenvalue weighted by atomic mass is 19.1. The molecule has 1 aromatic rings. The highest BCUT2D eigenvalue weighted by Gasteiger charge is 2.06. The fourth-order valence-corrected chi connectivity index (χ4v) is 0.992. The first kappa shape index (κ1) is 8.84. The van der Waals surface area contributed by atoms with Gasteiger partial charge >= 0.3 is 0 Å². The molecule has 0 fully saturated rings. The predicted octanol–water partition coefficient (Wildman–Crippen LogP) is 2.17. The van der Waals surface area contributed by atoms with Crippen LogP contribution in [0.25, 0.3) is 0 Å². The SMILES string of the molecule is CC(CF)c1cc(O)cc(O)c1. The molecule has 0 radical (unpaired) electrons. The molecule has 0 heterocycles. The van der Waals surface area contributed by atoms with Gasteiger partial charge in [-0.3, -0.25) is 4.39 Å². The van der Waals surface area contributed by atoms with E-state index in [-0.39, 0.29) is 17.4 Å². The zero-order chi connectivity index (χ0) is 9.14. The third-order valence-electron chi connectivity index (χ3n) is 1.73. The van der Waals surface area contributed by atoms with Gasteiger partial charge in [0.2, 0.25) is 0 Å². The Morgan fingerprint density at radius 1 is 1.25 bits per heavy atom. The van der Waals surface area contributed by atoms with Crippen LogP contribution in [0, 0.1) is 0 Å². The molecule has 0 saturated heterocycles. The van der Waals surface area contributed by atoms with Gasteiger partial charge in [0.25, 0.3) is 0 Å². The average molecular weight is 170 g/mol. The van der Waals surface area contributed by atoms with Crippen LogP contribution >= 0.6 is 0 Å². The van der Waals surface area contributed by atoms with Gasteiger partial charge in [0, 0.05) is 12.0 Å². The summed E-state index contributed by atoms with van der Waals surface area (Å²) in [6, 6.07) is 4.11. The summed E-state index contributed by atoms with van der Waals surface area (Å²) >= 11 is 0. The van der Waals surface area contributed by atoms with Crippen molar-refractivity contribution in [3.63, 3.8) is 0 Å². The second kappa shape index (κ2) is 3.43. The second-order valence-corrected chi connectivity index (χ2v) is 2.84. The molecule has 0 saturated carbocycles. The van der Waals surface area contributed by atoms with Crippen molar-refractivity contribution < 1.29 is 14.6 Å². The van der Waals surface area contributed by atoms with Crippen molar-refractivity contribution in [3.8, 4) is 11.5 Å². The van der Waals surface area contributed by atoms with Gasteiger partial charge in [-0.2, -0.15) is 0 Å². The molecule has 0 bridgehead atoms. The van der Waals surface area contributed by atoms with Crippen LogP contribution in [0.15, 0.2) is 18.2 Å². The summed E-state index contributed by atoms with van der Waals surface area (Å²) < 4.78 is 12.2. The van der Waals surface area contributed by atoms with E-state index in [1.165, 1.54) is 18.2 Å². The van der Waals surface area contributed by atoms with Gasteiger partial charge in [0.1, 0.15) is 11.5 Å². The van der Waals surface area contributed by atoms with Crippen LogP contribution in [-0.2, 0) is 0 Å². The maximum Gasteiger partial charge on any atom is 0.119 e. The van der Waals surface area contributed by atoms with Gasteiger partial charge in [-0.1, -0.05) is 6.92 Å². The normalized spacial score (nSPS) is 12.8. The van der Waals surface area contributed by atoms with Crippen LogP contribution < -0.4 is 0 Å². The lowest BCUT2D eigenvalue weighted by molar-refractivity contribution is 0.432. The summed E-state index contributed by atoms with van der Waals surface area (Å²) in [7, 11) is 0. The molecule has 12 heavy (non-hydrogen) atoms. The number of halogens is 1. The molecule has 1 aromatic carbocycles. The summed E-state index contributed by atoms with van der Waals surface area (Å²) in [5.41, 5.74) is 0.606. The van der Waals surface area contributed by atoms with E-state index in [1.54, 1.807) is 6.92 Å². The second-order valence-electron chi connectivity index (χ2n) is 2.84. The molecule has 3 heteroatoms. The number of hydrogen-bond acceptors (Lipinski definition) is 2. The number of phenolic OH excluding ortho intramolecular Hbond substituents is 2. The van der Waals surface area contributed by atoms with E-state index in [1.807, 2.05) is 0 Å². The van der Waals surface area contributed by atoms with E-state index in [2.05, 4.69) is 0 Å². The number of phenols is 2. The van der Waals surface area contributed by atoms with Crippen molar-refractivity contribution in [3.05, 3.63) is 23.8 Å². The Morgan fingerprint density at radius 2 is 1.75 bits per heavy atom. The monoisotopic (exact) mass is 170 g/mol. The van der Waals surface area contributed by atoms with Crippen LogP contribution in [0.1, 0.15) is 18.4 Å². The number of alkyl halides is 1. The van der Waals surface area contributed by atoms with Gasteiger partial charge in [0.05, 0.1) is 6.67 Å². The van der Waals surface area contributed by atoms with E-state index in [9.17, 15) is 4.39 Å². The third-order valence-corrected chi connectivity index (χ3v) is 1.73.